The van der Waals surface area contributed by atoms with Gasteiger partial charge in [-0.1, -0.05) is 0 Å². The van der Waals surface area contributed by atoms with Crippen molar-refractivity contribution in [1.82, 2.24) is 25.1 Å². The first-order valence-corrected chi connectivity index (χ1v) is 7.71. The molecule has 1 aliphatic heterocycles. The van der Waals surface area contributed by atoms with E-state index >= 15 is 0 Å². The summed E-state index contributed by atoms with van der Waals surface area (Å²) in [5.74, 6) is 2.44. The molecule has 1 N–H and O–H groups in total. The number of methoxy groups -OCH3 is 1. The molecule has 1 aliphatic rings. The number of nitrogens with zero attached hydrogens (tertiary/aromatic N) is 5. The Hall–Kier alpha value is -1.54. The fourth-order valence-electron chi connectivity index (χ4n) is 2.63. The van der Waals surface area contributed by atoms with Crippen molar-refractivity contribution in [3.8, 4) is 0 Å². The zero-order chi connectivity index (χ0) is 14.7. The zero-order valence-corrected chi connectivity index (χ0v) is 13.4. The van der Waals surface area contributed by atoms with Gasteiger partial charge >= 0.3 is 0 Å². The molecule has 7 nitrogen and oxygen atoms in total. The highest BCUT2D eigenvalue weighted by molar-refractivity contribution is 9.10. The van der Waals surface area contributed by atoms with Crippen LogP contribution >= 0.6 is 15.9 Å². The topological polar surface area (TPSA) is 79.8 Å². The van der Waals surface area contributed by atoms with E-state index in [1.807, 2.05) is 0 Å². The number of aromatic amines is 1. The largest absolute Gasteiger partial charge is 0.377 e. The van der Waals surface area contributed by atoms with Gasteiger partial charge in [0.2, 0.25) is 0 Å². The lowest BCUT2D eigenvalue weighted by Gasteiger charge is -2.35. The van der Waals surface area contributed by atoms with E-state index < -0.39 is 0 Å². The number of hydrogen-bond donors (Lipinski definition) is 1. The molecule has 3 rings (SSSR count). The minimum atomic E-state index is 0.131. The predicted molar refractivity (Wildman–Crippen MR) is 80.8 cm³/mol. The molecule has 0 aliphatic carbocycles. The van der Waals surface area contributed by atoms with Crippen LogP contribution in [0, 0.1) is 0 Å². The van der Waals surface area contributed by atoms with Crippen molar-refractivity contribution in [3.63, 3.8) is 0 Å². The van der Waals surface area contributed by atoms with Gasteiger partial charge in [-0.3, -0.25) is 5.10 Å². The highest BCUT2D eigenvalue weighted by Crippen LogP contribution is 2.35. The molecule has 0 aromatic carbocycles. The maximum absolute atomic E-state index is 5.08. The molecule has 0 bridgehead atoms. The summed E-state index contributed by atoms with van der Waals surface area (Å²) in [7, 11) is 1.65. The molecule has 1 unspecified atom stereocenters. The number of ether oxygens (including phenoxy) is 1. The van der Waals surface area contributed by atoms with E-state index in [9.17, 15) is 0 Å². The Balaban J connectivity index is 1.89. The molecule has 0 saturated carbocycles. The van der Waals surface area contributed by atoms with Crippen LogP contribution in [0.2, 0.25) is 0 Å². The molecule has 21 heavy (non-hydrogen) atoms. The highest BCUT2D eigenvalue weighted by Gasteiger charge is 2.29. The Morgan fingerprint density at radius 3 is 3.19 bits per heavy atom. The molecule has 1 fully saturated rings. The van der Waals surface area contributed by atoms with Crippen LogP contribution < -0.4 is 4.90 Å². The molecule has 1 saturated heterocycles. The Kier molecular flexibility index (Phi) is 4.45. The summed E-state index contributed by atoms with van der Waals surface area (Å²) in [6.07, 6.45) is 6.66. The van der Waals surface area contributed by atoms with Crippen molar-refractivity contribution in [1.29, 1.82) is 0 Å². The van der Waals surface area contributed by atoms with Crippen LogP contribution in [-0.4, -0.2) is 38.8 Å². The van der Waals surface area contributed by atoms with Gasteiger partial charge in [-0.2, -0.15) is 5.10 Å². The summed E-state index contributed by atoms with van der Waals surface area (Å²) >= 11 is 3.53. The van der Waals surface area contributed by atoms with Crippen molar-refractivity contribution in [2.45, 2.75) is 31.9 Å². The third kappa shape index (κ3) is 3.06. The summed E-state index contributed by atoms with van der Waals surface area (Å²) < 4.78 is 5.98. The molecule has 0 spiro atoms. The van der Waals surface area contributed by atoms with Crippen molar-refractivity contribution in [3.05, 3.63) is 28.6 Å². The number of halogens is 1. The second-order valence-corrected chi connectivity index (χ2v) is 5.83. The summed E-state index contributed by atoms with van der Waals surface area (Å²) in [4.78, 5) is 15.2. The van der Waals surface area contributed by atoms with Crippen LogP contribution in [0.5, 0.6) is 0 Å². The number of rotatable bonds is 4. The standard InChI is InChI=1S/C13H17BrN6O/c1-21-7-11-17-12(19-18-11)10-4-2-3-5-20(10)13-9(14)6-15-8-16-13/h6,8,10H,2-5,7H2,1H3,(H,17,18,19). The van der Waals surface area contributed by atoms with Gasteiger partial charge in [0, 0.05) is 19.9 Å². The van der Waals surface area contributed by atoms with Crippen LogP contribution in [0.3, 0.4) is 0 Å². The summed E-state index contributed by atoms with van der Waals surface area (Å²) in [5.41, 5.74) is 0. The minimum absolute atomic E-state index is 0.131. The average Bonchev–Trinajstić information content (AvgIpc) is 2.97. The molecule has 2 aromatic heterocycles. The van der Waals surface area contributed by atoms with Gasteiger partial charge < -0.3 is 9.64 Å². The predicted octanol–water partition coefficient (Wildman–Crippen LogP) is 2.24. The maximum atomic E-state index is 5.08. The monoisotopic (exact) mass is 352 g/mol. The highest BCUT2D eigenvalue weighted by atomic mass is 79.9. The summed E-state index contributed by atoms with van der Waals surface area (Å²) in [5, 5.41) is 7.28. The lowest BCUT2D eigenvalue weighted by atomic mass is 10.0. The van der Waals surface area contributed by atoms with Gasteiger partial charge in [-0.25, -0.2) is 15.0 Å². The van der Waals surface area contributed by atoms with Gasteiger partial charge in [0.1, 0.15) is 18.8 Å². The summed E-state index contributed by atoms with van der Waals surface area (Å²) in [6, 6.07) is 0.131. The lowest BCUT2D eigenvalue weighted by Crippen LogP contribution is -2.35. The van der Waals surface area contributed by atoms with Crippen molar-refractivity contribution in [2.75, 3.05) is 18.6 Å². The molecule has 0 amide bonds. The van der Waals surface area contributed by atoms with Crippen molar-refractivity contribution >= 4 is 21.7 Å². The van der Waals surface area contributed by atoms with Crippen molar-refractivity contribution in [2.24, 2.45) is 0 Å². The number of aromatic nitrogens is 5. The first kappa shape index (κ1) is 14.4. The fraction of sp³-hybridized carbons (Fsp3) is 0.538. The van der Waals surface area contributed by atoms with E-state index in [1.165, 1.54) is 0 Å². The molecule has 112 valence electrons. The molecular weight excluding hydrogens is 336 g/mol. The van der Waals surface area contributed by atoms with Gasteiger partial charge in [-0.05, 0) is 35.2 Å². The van der Waals surface area contributed by atoms with Crippen LogP contribution in [0.25, 0.3) is 0 Å². The average molecular weight is 353 g/mol. The zero-order valence-electron chi connectivity index (χ0n) is 11.8. The van der Waals surface area contributed by atoms with E-state index in [0.29, 0.717) is 6.61 Å². The van der Waals surface area contributed by atoms with Crippen LogP contribution in [0.4, 0.5) is 5.82 Å². The number of H-pyrrole nitrogens is 1. The molecule has 8 heteroatoms. The molecule has 1 atom stereocenters. The molecule has 3 heterocycles. The van der Waals surface area contributed by atoms with Crippen LogP contribution in [-0.2, 0) is 11.3 Å². The van der Waals surface area contributed by atoms with E-state index in [0.717, 1.165) is 47.7 Å². The van der Waals surface area contributed by atoms with Gasteiger partial charge in [0.25, 0.3) is 0 Å². The normalized spacial score (nSPS) is 19.0. The Morgan fingerprint density at radius 1 is 1.48 bits per heavy atom. The molecular formula is C13H17BrN6O. The van der Waals surface area contributed by atoms with Gasteiger partial charge in [0.15, 0.2) is 11.6 Å². The Labute approximate surface area is 131 Å². The molecule has 0 radical (unpaired) electrons. The number of hydrogen-bond acceptors (Lipinski definition) is 6. The number of anilines is 1. The third-order valence-corrected chi connectivity index (χ3v) is 4.11. The number of nitrogens with one attached hydrogen (secondary N) is 1. The lowest BCUT2D eigenvalue weighted by molar-refractivity contribution is 0.178. The van der Waals surface area contributed by atoms with E-state index in [1.54, 1.807) is 19.6 Å². The quantitative estimate of drug-likeness (QED) is 0.908. The Bertz CT molecular complexity index is 604. The SMILES string of the molecule is COCc1nc(C2CCCCN2c2ncncc2Br)n[nH]1. The second-order valence-electron chi connectivity index (χ2n) is 4.97. The first-order valence-electron chi connectivity index (χ1n) is 6.92. The van der Waals surface area contributed by atoms with E-state index in [4.69, 9.17) is 4.74 Å². The number of piperidine rings is 1. The Morgan fingerprint density at radius 2 is 2.38 bits per heavy atom. The maximum Gasteiger partial charge on any atom is 0.173 e. The third-order valence-electron chi connectivity index (χ3n) is 3.55. The fourth-order valence-corrected chi connectivity index (χ4v) is 3.08. The van der Waals surface area contributed by atoms with Crippen molar-refractivity contribution < 1.29 is 4.74 Å². The van der Waals surface area contributed by atoms with Gasteiger partial charge in [0.05, 0.1) is 10.5 Å². The smallest absolute Gasteiger partial charge is 0.173 e. The second kappa shape index (κ2) is 6.48. The molecule has 2 aromatic rings. The van der Waals surface area contributed by atoms with E-state index in [2.05, 4.69) is 46.0 Å². The van der Waals surface area contributed by atoms with E-state index in [-0.39, 0.29) is 6.04 Å². The van der Waals surface area contributed by atoms with Gasteiger partial charge in [-0.15, -0.1) is 0 Å². The summed E-state index contributed by atoms with van der Waals surface area (Å²) in [6.45, 7) is 1.38. The minimum Gasteiger partial charge on any atom is -0.377 e. The van der Waals surface area contributed by atoms with Crippen LogP contribution in [0.15, 0.2) is 17.0 Å². The first-order chi connectivity index (χ1) is 10.3. The van der Waals surface area contributed by atoms with Crippen LogP contribution in [0.1, 0.15) is 37.0 Å².